The summed E-state index contributed by atoms with van der Waals surface area (Å²) in [5, 5.41) is 7.48. The molecule has 0 saturated heterocycles. The summed E-state index contributed by atoms with van der Waals surface area (Å²) in [5.74, 6) is 1.47. The minimum absolute atomic E-state index is 0.173. The molecule has 5 nitrogen and oxygen atoms in total. The predicted molar refractivity (Wildman–Crippen MR) is 272 cm³/mol. The summed E-state index contributed by atoms with van der Waals surface area (Å²) in [6, 6.07) is 82.0. The molecule has 11 rings (SSSR count). The fourth-order valence-electron chi connectivity index (χ4n) is 9.25. The van der Waals surface area contributed by atoms with Crippen LogP contribution in [0.3, 0.4) is 0 Å². The van der Waals surface area contributed by atoms with Crippen LogP contribution in [0.1, 0.15) is 36.2 Å². The summed E-state index contributed by atoms with van der Waals surface area (Å²) in [4.78, 5) is 13.0. The number of rotatable bonds is 10. The number of hydrogen-bond donors (Lipinski definition) is 2. The van der Waals surface area contributed by atoms with Gasteiger partial charge < -0.3 is 15.5 Å². The predicted octanol–water partition coefficient (Wildman–Crippen LogP) is 14.8. The maximum Gasteiger partial charge on any atom is 0.159 e. The minimum Gasteiger partial charge on any atom is -0.363 e. The average Bonchev–Trinajstić information content (AvgIpc) is 3.78. The van der Waals surface area contributed by atoms with E-state index in [1.165, 1.54) is 44.9 Å². The molecule has 2 N–H and O–H groups in total. The smallest absolute Gasteiger partial charge is 0.159 e. The number of aliphatic imine (C=N–C) groups is 2. The number of anilines is 3. The molecule has 2 aliphatic heterocycles. The SMILES string of the molecule is CCC1Nc2ccccc2N1c1ccccc1-c1ccccc1-c1ccc(-c2cccc(C3=NC(c4cccc(-c5ccccc5)c4)=NC(c4cccc(-c5ccccc5)c4)N3)c2)cc1. The van der Waals surface area contributed by atoms with E-state index in [1.54, 1.807) is 0 Å². The van der Waals surface area contributed by atoms with Gasteiger partial charge in [0.15, 0.2) is 5.84 Å². The number of nitrogens with zero attached hydrogens (tertiary/aromatic N) is 3. The summed E-state index contributed by atoms with van der Waals surface area (Å²) in [5.41, 5.74) is 18.2. The molecule has 2 aliphatic rings. The normalized spacial score (nSPS) is 15.3. The third kappa shape index (κ3) is 7.89. The lowest BCUT2D eigenvalue weighted by Gasteiger charge is -2.29. The first-order valence-electron chi connectivity index (χ1n) is 22.5. The fourth-order valence-corrected chi connectivity index (χ4v) is 9.25. The standard InChI is InChI=1S/C60H47N5/c1-2-57-61-54-31-12-14-33-56(54)65(57)55-32-13-11-30-53(55)52-29-10-9-28-51(52)44-36-34-43(35-37-44)47-24-17-27-50(40-47)60-63-58(48-25-15-22-45(38-48)41-18-5-3-6-19-41)62-59(64-60)49-26-16-23-46(39-49)42-20-7-4-8-21-42/h3-40,57-58,61H,2H2,1H3,(H,62,63,64). The van der Waals surface area contributed by atoms with E-state index in [0.717, 1.165) is 56.8 Å². The molecule has 0 amide bonds. The van der Waals surface area contributed by atoms with Crippen LogP contribution < -0.4 is 15.5 Å². The molecule has 9 aromatic rings. The van der Waals surface area contributed by atoms with Crippen LogP contribution in [0.4, 0.5) is 17.1 Å². The summed E-state index contributed by atoms with van der Waals surface area (Å²) in [6.07, 6.45) is 0.795. The van der Waals surface area contributed by atoms with Gasteiger partial charge in [-0.2, -0.15) is 0 Å². The second-order valence-corrected chi connectivity index (χ2v) is 16.6. The second kappa shape index (κ2) is 17.5. The van der Waals surface area contributed by atoms with Crippen molar-refractivity contribution >= 4 is 28.7 Å². The van der Waals surface area contributed by atoms with E-state index >= 15 is 0 Å². The Labute approximate surface area is 381 Å². The molecular formula is C60H47N5. The third-order valence-corrected chi connectivity index (χ3v) is 12.5. The van der Waals surface area contributed by atoms with E-state index in [1.807, 2.05) is 6.07 Å². The zero-order valence-corrected chi connectivity index (χ0v) is 36.1. The largest absolute Gasteiger partial charge is 0.363 e. The van der Waals surface area contributed by atoms with Crippen LogP contribution in [-0.2, 0) is 0 Å². The molecule has 2 unspecified atom stereocenters. The Hall–Kier alpha value is -8.28. The van der Waals surface area contributed by atoms with Crippen molar-refractivity contribution in [1.29, 1.82) is 0 Å². The lowest BCUT2D eigenvalue weighted by atomic mass is 9.92. The molecule has 312 valence electrons. The molecule has 0 spiro atoms. The third-order valence-electron chi connectivity index (χ3n) is 12.5. The maximum absolute atomic E-state index is 5.27. The zero-order valence-electron chi connectivity index (χ0n) is 36.1. The van der Waals surface area contributed by atoms with Crippen molar-refractivity contribution < 1.29 is 0 Å². The van der Waals surface area contributed by atoms with Gasteiger partial charge in [-0.3, -0.25) is 0 Å². The molecule has 0 saturated carbocycles. The topological polar surface area (TPSA) is 52.0 Å². The fraction of sp³-hybridized carbons (Fsp3) is 0.0667. The Bertz CT molecular complexity index is 3210. The van der Waals surface area contributed by atoms with Crippen LogP contribution in [0.25, 0.3) is 55.6 Å². The molecule has 2 heterocycles. The Morgan fingerprint density at radius 2 is 0.908 bits per heavy atom. The van der Waals surface area contributed by atoms with E-state index in [4.69, 9.17) is 9.98 Å². The van der Waals surface area contributed by atoms with Gasteiger partial charge in [0.1, 0.15) is 18.2 Å². The van der Waals surface area contributed by atoms with Gasteiger partial charge in [-0.25, -0.2) is 9.98 Å². The summed E-state index contributed by atoms with van der Waals surface area (Å²) in [7, 11) is 0. The lowest BCUT2D eigenvalue weighted by Crippen LogP contribution is -2.33. The van der Waals surface area contributed by atoms with Gasteiger partial charge in [-0.1, -0.05) is 201 Å². The monoisotopic (exact) mass is 837 g/mol. The van der Waals surface area contributed by atoms with Crippen molar-refractivity contribution in [1.82, 2.24) is 5.32 Å². The van der Waals surface area contributed by atoms with E-state index in [-0.39, 0.29) is 12.3 Å². The van der Waals surface area contributed by atoms with Gasteiger partial charge in [-0.05, 0) is 98.5 Å². The first kappa shape index (κ1) is 39.6. The van der Waals surface area contributed by atoms with Crippen LogP contribution in [-0.4, -0.2) is 17.8 Å². The van der Waals surface area contributed by atoms with Crippen LogP contribution in [0, 0.1) is 0 Å². The van der Waals surface area contributed by atoms with Gasteiger partial charge in [0.05, 0.1) is 17.1 Å². The Kier molecular flexibility index (Phi) is 10.6. The van der Waals surface area contributed by atoms with Crippen LogP contribution >= 0.6 is 0 Å². The van der Waals surface area contributed by atoms with Crippen LogP contribution in [0.5, 0.6) is 0 Å². The molecule has 0 aromatic heterocycles. The summed E-state index contributed by atoms with van der Waals surface area (Å²) in [6.45, 7) is 2.24. The molecule has 0 radical (unpaired) electrons. The number of benzene rings is 9. The number of hydrogen-bond acceptors (Lipinski definition) is 5. The number of nitrogens with one attached hydrogen (secondary N) is 2. The summed E-state index contributed by atoms with van der Waals surface area (Å²) < 4.78 is 0. The quantitative estimate of drug-likeness (QED) is 0.144. The lowest BCUT2D eigenvalue weighted by molar-refractivity contribution is 0.674. The minimum atomic E-state index is -0.348. The van der Waals surface area contributed by atoms with Gasteiger partial charge in [-0.15, -0.1) is 0 Å². The van der Waals surface area contributed by atoms with E-state index in [9.17, 15) is 0 Å². The molecule has 2 atom stereocenters. The molecule has 0 bridgehead atoms. The number of fused-ring (bicyclic) bond motifs is 1. The molecule has 5 heteroatoms. The highest BCUT2D eigenvalue weighted by molar-refractivity contribution is 6.13. The summed E-state index contributed by atoms with van der Waals surface area (Å²) >= 11 is 0. The van der Waals surface area contributed by atoms with Gasteiger partial charge in [0.25, 0.3) is 0 Å². The van der Waals surface area contributed by atoms with Crippen molar-refractivity contribution in [2.45, 2.75) is 25.7 Å². The number of amidine groups is 2. The maximum atomic E-state index is 5.27. The van der Waals surface area contributed by atoms with Crippen molar-refractivity contribution in [3.63, 3.8) is 0 Å². The van der Waals surface area contributed by atoms with Crippen molar-refractivity contribution in [2.75, 3.05) is 10.2 Å². The van der Waals surface area contributed by atoms with E-state index in [0.29, 0.717) is 5.84 Å². The highest BCUT2D eigenvalue weighted by atomic mass is 15.3. The average molecular weight is 838 g/mol. The van der Waals surface area contributed by atoms with Crippen molar-refractivity contribution in [3.8, 4) is 55.6 Å². The molecule has 0 fully saturated rings. The highest BCUT2D eigenvalue weighted by Gasteiger charge is 2.30. The molecule has 65 heavy (non-hydrogen) atoms. The first-order valence-corrected chi connectivity index (χ1v) is 22.5. The second-order valence-electron chi connectivity index (χ2n) is 16.6. The first-order chi connectivity index (χ1) is 32.2. The van der Waals surface area contributed by atoms with E-state index < -0.39 is 0 Å². The van der Waals surface area contributed by atoms with Crippen LogP contribution in [0.15, 0.2) is 241 Å². The zero-order chi connectivity index (χ0) is 43.5. The number of para-hydroxylation sites is 3. The van der Waals surface area contributed by atoms with Gasteiger partial charge >= 0.3 is 0 Å². The van der Waals surface area contributed by atoms with Crippen molar-refractivity contribution in [3.05, 3.63) is 247 Å². The van der Waals surface area contributed by atoms with Crippen molar-refractivity contribution in [2.24, 2.45) is 9.98 Å². The molecule has 9 aromatic carbocycles. The van der Waals surface area contributed by atoms with Gasteiger partial charge in [0, 0.05) is 16.7 Å². The Morgan fingerprint density at radius 1 is 0.400 bits per heavy atom. The van der Waals surface area contributed by atoms with Crippen LogP contribution in [0.2, 0.25) is 0 Å². The Balaban J connectivity index is 0.927. The molecular weight excluding hydrogens is 791 g/mol. The van der Waals surface area contributed by atoms with E-state index in [2.05, 4.69) is 247 Å². The Morgan fingerprint density at radius 3 is 1.62 bits per heavy atom. The van der Waals surface area contributed by atoms with Gasteiger partial charge in [0.2, 0.25) is 0 Å². The highest BCUT2D eigenvalue weighted by Crippen LogP contribution is 2.46. The molecule has 0 aliphatic carbocycles.